The molecule has 6 aromatic rings. The van der Waals surface area contributed by atoms with Crippen molar-refractivity contribution in [1.82, 2.24) is 0 Å². The molecule has 1 aliphatic rings. The topological polar surface area (TPSA) is 6.48 Å². The Balaban J connectivity index is 1.49. The first-order valence-electron chi connectivity index (χ1n) is 18.5. The van der Waals surface area contributed by atoms with Crippen molar-refractivity contribution in [1.29, 1.82) is 0 Å². The predicted octanol–water partition coefficient (Wildman–Crippen LogP) is 14.7. The summed E-state index contributed by atoms with van der Waals surface area (Å²) in [4.78, 5) is 4.80. The molecular formula is C50H50N2. The Morgan fingerprint density at radius 2 is 1.15 bits per heavy atom. The smallest absolute Gasteiger partial charge is 0.0540 e. The first-order chi connectivity index (χ1) is 25.0. The highest BCUT2D eigenvalue weighted by Crippen LogP contribution is 2.46. The zero-order valence-corrected chi connectivity index (χ0v) is 32.3. The maximum atomic E-state index is 4.70. The minimum Gasteiger partial charge on any atom is -0.311 e. The number of nitrogens with zero attached hydrogens (tertiary/aromatic N) is 2. The monoisotopic (exact) mass is 678 g/mol. The molecule has 0 aliphatic heterocycles. The van der Waals surface area contributed by atoms with Gasteiger partial charge in [0.2, 0.25) is 0 Å². The Morgan fingerprint density at radius 3 is 1.71 bits per heavy atom. The molecule has 6 aromatic carbocycles. The van der Waals surface area contributed by atoms with Crippen LogP contribution in [0.5, 0.6) is 0 Å². The van der Waals surface area contributed by atoms with E-state index in [4.69, 9.17) is 6.58 Å². The number of benzene rings is 6. The van der Waals surface area contributed by atoms with Gasteiger partial charge in [-0.25, -0.2) is 0 Å². The molecule has 260 valence electrons. The highest BCUT2D eigenvalue weighted by atomic mass is 15.2. The summed E-state index contributed by atoms with van der Waals surface area (Å²) in [6, 6.07) is 32.1. The Morgan fingerprint density at radius 1 is 0.615 bits per heavy atom. The van der Waals surface area contributed by atoms with Crippen molar-refractivity contribution in [3.8, 4) is 0 Å². The van der Waals surface area contributed by atoms with Crippen LogP contribution in [0.1, 0.15) is 63.3 Å². The first-order valence-corrected chi connectivity index (χ1v) is 18.5. The molecule has 0 unspecified atom stereocenters. The van der Waals surface area contributed by atoms with Crippen molar-refractivity contribution in [2.24, 2.45) is 0 Å². The summed E-state index contributed by atoms with van der Waals surface area (Å²) < 4.78 is 0. The molecule has 0 saturated heterocycles. The van der Waals surface area contributed by atoms with Crippen LogP contribution < -0.4 is 9.80 Å². The van der Waals surface area contributed by atoms with Crippen molar-refractivity contribution in [2.75, 3.05) is 9.80 Å². The Bertz CT molecular complexity index is 2500. The maximum absolute atomic E-state index is 4.70. The summed E-state index contributed by atoms with van der Waals surface area (Å²) in [6.45, 7) is 24.3. The molecule has 0 fully saturated rings. The molecule has 0 bridgehead atoms. The van der Waals surface area contributed by atoms with Gasteiger partial charge in [0, 0.05) is 33.5 Å². The van der Waals surface area contributed by atoms with Crippen LogP contribution in [0.3, 0.4) is 0 Å². The largest absolute Gasteiger partial charge is 0.311 e. The van der Waals surface area contributed by atoms with Crippen molar-refractivity contribution < 1.29 is 0 Å². The first kappa shape index (κ1) is 34.8. The van der Waals surface area contributed by atoms with E-state index in [1.807, 2.05) is 0 Å². The number of aryl methyl sites for hydroxylation is 4. The van der Waals surface area contributed by atoms with Gasteiger partial charge in [0.15, 0.2) is 0 Å². The van der Waals surface area contributed by atoms with E-state index >= 15 is 0 Å². The van der Waals surface area contributed by atoms with Gasteiger partial charge in [-0.15, -0.1) is 0 Å². The molecule has 7 rings (SSSR count). The Labute approximate surface area is 310 Å². The molecule has 52 heavy (non-hydrogen) atoms. The van der Waals surface area contributed by atoms with Gasteiger partial charge in [0.05, 0.1) is 11.4 Å². The second-order valence-corrected chi connectivity index (χ2v) is 14.7. The van der Waals surface area contributed by atoms with E-state index in [1.165, 1.54) is 82.6 Å². The van der Waals surface area contributed by atoms with E-state index < -0.39 is 0 Å². The molecule has 0 saturated carbocycles. The quantitative estimate of drug-likeness (QED) is 0.117. The normalized spacial score (nSPS) is 14.1. The number of hydrogen-bond acceptors (Lipinski definition) is 2. The van der Waals surface area contributed by atoms with E-state index in [1.54, 1.807) is 0 Å². The van der Waals surface area contributed by atoms with Crippen molar-refractivity contribution in [3.63, 3.8) is 0 Å². The van der Waals surface area contributed by atoms with Gasteiger partial charge in [-0.05, 0) is 167 Å². The third-order valence-corrected chi connectivity index (χ3v) is 11.4. The maximum Gasteiger partial charge on any atom is 0.0540 e. The van der Waals surface area contributed by atoms with Gasteiger partial charge < -0.3 is 9.80 Å². The van der Waals surface area contributed by atoms with Gasteiger partial charge in [-0.3, -0.25) is 0 Å². The SMILES string of the molecule is C=C(/C=C(C)\C(C)=C/C)N(C1=CCC(C)=C(C)C=C1)c1ccc2ccc3c(N(c4ccc(C)c(C)c4)c4ccc(C)c(C)c4)ccc4ccc1c2c43. The number of allylic oxidation sites excluding steroid dienone is 9. The number of rotatable bonds is 8. The molecule has 0 amide bonds. The zero-order chi connectivity index (χ0) is 36.8. The summed E-state index contributed by atoms with van der Waals surface area (Å²) in [6.07, 6.45) is 12.1. The zero-order valence-electron chi connectivity index (χ0n) is 32.3. The molecule has 0 radical (unpaired) electrons. The Hall–Kier alpha value is -5.60. The number of anilines is 4. The lowest BCUT2D eigenvalue weighted by Crippen LogP contribution is -2.20. The molecule has 2 nitrogen and oxygen atoms in total. The lowest BCUT2D eigenvalue weighted by Gasteiger charge is -2.30. The second kappa shape index (κ2) is 13.8. The average Bonchev–Trinajstić information content (AvgIpc) is 3.30. The van der Waals surface area contributed by atoms with Crippen LogP contribution >= 0.6 is 0 Å². The van der Waals surface area contributed by atoms with Crippen LogP contribution in [0.15, 0.2) is 156 Å². The fraction of sp³-hybridized carbons (Fsp3) is 0.200. The van der Waals surface area contributed by atoms with Crippen LogP contribution in [0.4, 0.5) is 22.7 Å². The highest BCUT2D eigenvalue weighted by molar-refractivity contribution is 6.28. The molecule has 0 heterocycles. The third-order valence-electron chi connectivity index (χ3n) is 11.4. The van der Waals surface area contributed by atoms with Crippen molar-refractivity contribution in [2.45, 2.75) is 68.7 Å². The fourth-order valence-electron chi connectivity index (χ4n) is 7.44. The highest BCUT2D eigenvalue weighted by Gasteiger charge is 2.23. The predicted molar refractivity (Wildman–Crippen MR) is 229 cm³/mol. The van der Waals surface area contributed by atoms with Crippen LogP contribution in [0.2, 0.25) is 0 Å². The summed E-state index contributed by atoms with van der Waals surface area (Å²) >= 11 is 0. The van der Waals surface area contributed by atoms with E-state index in [0.717, 1.165) is 34.9 Å². The van der Waals surface area contributed by atoms with Gasteiger partial charge >= 0.3 is 0 Å². The molecule has 0 N–H and O–H groups in total. The van der Waals surface area contributed by atoms with Crippen LogP contribution in [-0.4, -0.2) is 0 Å². The van der Waals surface area contributed by atoms with E-state index in [9.17, 15) is 0 Å². The lowest BCUT2D eigenvalue weighted by atomic mass is 9.91. The van der Waals surface area contributed by atoms with E-state index in [2.05, 4.69) is 187 Å². The summed E-state index contributed by atoms with van der Waals surface area (Å²) in [5.74, 6) is 0. The summed E-state index contributed by atoms with van der Waals surface area (Å²) in [7, 11) is 0. The number of hydrogen-bond donors (Lipinski definition) is 0. The molecule has 0 aromatic heterocycles. The van der Waals surface area contributed by atoms with Crippen molar-refractivity contribution >= 4 is 55.1 Å². The Kier molecular flexibility index (Phi) is 9.27. The van der Waals surface area contributed by atoms with E-state index in [0.29, 0.717) is 0 Å². The lowest BCUT2D eigenvalue weighted by molar-refractivity contribution is 1.11. The molecule has 2 heteroatoms. The minimum absolute atomic E-state index is 0.899. The van der Waals surface area contributed by atoms with Gasteiger partial charge in [0.1, 0.15) is 0 Å². The standard InChI is InChI=1S/C50H50N2/c1-11-31(2)36(7)28-39(10)51(42-20-12-32(3)33(4)13-21-42)47-26-18-40-17-25-46-48(27-19-41-16-24-45(47)49(40)50(41)46)52(43-22-14-34(5)37(8)29-43)44-23-15-35(6)38(9)30-44/h11-12,14-30H,10,13H2,1-9H3/b31-11-,36-28-. The summed E-state index contributed by atoms with van der Waals surface area (Å²) in [5.41, 5.74) is 17.0. The molecule has 0 atom stereocenters. The second-order valence-electron chi connectivity index (χ2n) is 14.7. The van der Waals surface area contributed by atoms with Crippen LogP contribution in [-0.2, 0) is 0 Å². The summed E-state index contributed by atoms with van der Waals surface area (Å²) in [5, 5.41) is 7.49. The fourth-order valence-corrected chi connectivity index (χ4v) is 7.44. The molecule has 0 spiro atoms. The van der Waals surface area contributed by atoms with Crippen LogP contribution in [0, 0.1) is 27.7 Å². The van der Waals surface area contributed by atoms with E-state index in [-0.39, 0.29) is 0 Å². The van der Waals surface area contributed by atoms with Crippen LogP contribution in [0.25, 0.3) is 32.3 Å². The van der Waals surface area contributed by atoms with Gasteiger partial charge in [0.25, 0.3) is 0 Å². The third kappa shape index (κ3) is 6.17. The van der Waals surface area contributed by atoms with Crippen molar-refractivity contribution in [3.05, 3.63) is 178 Å². The van der Waals surface area contributed by atoms with Gasteiger partial charge in [-0.2, -0.15) is 0 Å². The molecule has 1 aliphatic carbocycles. The average molecular weight is 679 g/mol. The minimum atomic E-state index is 0.899. The molecular weight excluding hydrogens is 629 g/mol. The van der Waals surface area contributed by atoms with Gasteiger partial charge in [-0.1, -0.05) is 90.1 Å².